The average molecular weight is 224 g/mol. The molecule has 0 aromatic carbocycles. The molecule has 0 unspecified atom stereocenters. The van der Waals surface area contributed by atoms with Crippen molar-refractivity contribution in [3.05, 3.63) is 0 Å². The summed E-state index contributed by atoms with van der Waals surface area (Å²) in [5, 5.41) is 0. The predicted octanol–water partition coefficient (Wildman–Crippen LogP) is -0.0100. The molecule has 0 amide bonds. The van der Waals surface area contributed by atoms with Crippen molar-refractivity contribution < 1.29 is 67.7 Å². The van der Waals surface area contributed by atoms with E-state index >= 15 is 0 Å². The van der Waals surface area contributed by atoms with E-state index in [1.165, 1.54) is 0 Å². The summed E-state index contributed by atoms with van der Waals surface area (Å²) in [4.78, 5) is 0. The van der Waals surface area contributed by atoms with Crippen LogP contribution < -0.4 is 0 Å². The summed E-state index contributed by atoms with van der Waals surface area (Å²) in [5.41, 5.74) is 0. The molecule has 0 saturated heterocycles. The molecular formula is Mn3Ni. The van der Waals surface area contributed by atoms with Crippen LogP contribution in [0, 0.1) is 0 Å². The van der Waals surface area contributed by atoms with Crippen molar-refractivity contribution in [3.8, 4) is 0 Å². The third kappa shape index (κ3) is 8.96. The van der Waals surface area contributed by atoms with Gasteiger partial charge in [-0.05, 0) is 0 Å². The smallest absolute Gasteiger partial charge is 0 e. The third-order valence-electron chi connectivity index (χ3n) is 0. The second kappa shape index (κ2) is 19.7. The van der Waals surface area contributed by atoms with E-state index in [1.807, 2.05) is 0 Å². The summed E-state index contributed by atoms with van der Waals surface area (Å²) in [7, 11) is 0. The SMILES string of the molecule is [Mn].[Mn].[Mn].[Ni]. The fourth-order valence-corrected chi connectivity index (χ4v) is 0. The Kier molecular flexibility index (Phi) is 181. The first-order valence-corrected chi connectivity index (χ1v) is 0. The van der Waals surface area contributed by atoms with Crippen LogP contribution in [0.4, 0.5) is 0 Å². The van der Waals surface area contributed by atoms with E-state index in [0.717, 1.165) is 0 Å². The fraction of sp³-hybridized carbons (Fsp3) is 0. The molecule has 0 aliphatic carbocycles. The van der Waals surface area contributed by atoms with Crippen LogP contribution in [-0.4, -0.2) is 0 Å². The topological polar surface area (TPSA) is 0 Å². The first-order chi connectivity index (χ1) is 0. The summed E-state index contributed by atoms with van der Waals surface area (Å²) in [5.74, 6) is 0. The van der Waals surface area contributed by atoms with Crippen LogP contribution in [0.2, 0.25) is 0 Å². The first kappa shape index (κ1) is 36.7. The molecule has 0 N–H and O–H groups in total. The van der Waals surface area contributed by atoms with Gasteiger partial charge in [-0.25, -0.2) is 0 Å². The van der Waals surface area contributed by atoms with Gasteiger partial charge in [0, 0.05) is 67.7 Å². The van der Waals surface area contributed by atoms with E-state index in [0.29, 0.717) is 0 Å². The summed E-state index contributed by atoms with van der Waals surface area (Å²) >= 11 is 0. The van der Waals surface area contributed by atoms with E-state index in [-0.39, 0.29) is 67.7 Å². The van der Waals surface area contributed by atoms with Crippen molar-refractivity contribution in [1.29, 1.82) is 0 Å². The van der Waals surface area contributed by atoms with Gasteiger partial charge in [-0.15, -0.1) is 0 Å². The monoisotopic (exact) mass is 223 g/mol. The van der Waals surface area contributed by atoms with Crippen LogP contribution in [0.3, 0.4) is 0 Å². The first-order valence-electron chi connectivity index (χ1n) is 0. The van der Waals surface area contributed by atoms with Gasteiger partial charge in [0.15, 0.2) is 0 Å². The Balaban J connectivity index is 0. The van der Waals surface area contributed by atoms with Crippen molar-refractivity contribution in [3.63, 3.8) is 0 Å². The molecule has 0 saturated carbocycles. The number of hydrogen-bond acceptors (Lipinski definition) is 0. The number of rotatable bonds is 0. The molecular weight excluding hydrogens is 224 g/mol. The third-order valence-corrected chi connectivity index (χ3v) is 0. The standard InChI is InChI=1S/3Mn.Ni. The predicted molar refractivity (Wildman–Crippen MR) is 0 cm³/mol. The van der Waals surface area contributed by atoms with E-state index in [4.69, 9.17) is 0 Å². The molecule has 0 bridgehead atoms. The van der Waals surface area contributed by atoms with Crippen LogP contribution in [0.25, 0.3) is 0 Å². The zero-order chi connectivity index (χ0) is 0. The Hall–Kier alpha value is 2.05. The zero-order valence-corrected chi connectivity index (χ0v) is 5.98. The van der Waals surface area contributed by atoms with Gasteiger partial charge in [-0.1, -0.05) is 0 Å². The van der Waals surface area contributed by atoms with E-state index in [2.05, 4.69) is 0 Å². The molecule has 4 heavy (non-hydrogen) atoms. The quantitative estimate of drug-likeness (QED) is 0.507. The van der Waals surface area contributed by atoms with Gasteiger partial charge in [0.2, 0.25) is 0 Å². The number of hydrogen-bond donors (Lipinski definition) is 0. The van der Waals surface area contributed by atoms with E-state index in [9.17, 15) is 0 Å². The van der Waals surface area contributed by atoms with Crippen molar-refractivity contribution in [2.24, 2.45) is 0 Å². The van der Waals surface area contributed by atoms with Crippen LogP contribution in [0.1, 0.15) is 0 Å². The van der Waals surface area contributed by atoms with Gasteiger partial charge >= 0.3 is 0 Å². The summed E-state index contributed by atoms with van der Waals surface area (Å²) in [6.45, 7) is 0. The molecule has 0 atom stereocenters. The molecule has 0 heterocycles. The van der Waals surface area contributed by atoms with Gasteiger partial charge in [0.05, 0.1) is 0 Å². The fourth-order valence-electron chi connectivity index (χ4n) is 0. The van der Waals surface area contributed by atoms with Gasteiger partial charge in [0.1, 0.15) is 0 Å². The maximum absolute atomic E-state index is 0. The van der Waals surface area contributed by atoms with Crippen LogP contribution in [-0.2, 0) is 67.7 Å². The molecule has 0 fully saturated rings. The van der Waals surface area contributed by atoms with Gasteiger partial charge in [-0.2, -0.15) is 0 Å². The molecule has 0 aromatic heterocycles. The van der Waals surface area contributed by atoms with Crippen LogP contribution in [0.5, 0.6) is 0 Å². The summed E-state index contributed by atoms with van der Waals surface area (Å²) in [6, 6.07) is 0. The van der Waals surface area contributed by atoms with Gasteiger partial charge in [0.25, 0.3) is 0 Å². The van der Waals surface area contributed by atoms with Crippen LogP contribution in [0.15, 0.2) is 0 Å². The molecule has 31 valence electrons. The van der Waals surface area contributed by atoms with E-state index in [1.54, 1.807) is 0 Å². The maximum Gasteiger partial charge on any atom is 0 e. The van der Waals surface area contributed by atoms with E-state index < -0.39 is 0 Å². The minimum absolute atomic E-state index is 0. The maximum atomic E-state index is 0. The van der Waals surface area contributed by atoms with Crippen molar-refractivity contribution in [1.82, 2.24) is 0 Å². The molecule has 0 aliphatic heterocycles. The Morgan fingerprint density at radius 1 is 0.500 bits per heavy atom. The van der Waals surface area contributed by atoms with Crippen molar-refractivity contribution in [2.75, 3.05) is 0 Å². The second-order valence-electron chi connectivity index (χ2n) is 0. The Bertz CT molecular complexity index is 3.25. The molecule has 0 rings (SSSR count). The second-order valence-corrected chi connectivity index (χ2v) is 0. The Labute approximate surface area is 67.2 Å². The normalized spacial score (nSPS) is 0. The Morgan fingerprint density at radius 2 is 0.500 bits per heavy atom. The van der Waals surface area contributed by atoms with Crippen molar-refractivity contribution >= 4 is 0 Å². The molecule has 0 nitrogen and oxygen atoms in total. The minimum Gasteiger partial charge on any atom is 0 e. The van der Waals surface area contributed by atoms with Crippen molar-refractivity contribution in [2.45, 2.75) is 0 Å². The average Bonchev–Trinajstić information content (AvgIpc) is 0. The largest absolute Gasteiger partial charge is 0 e. The van der Waals surface area contributed by atoms with Crippen LogP contribution >= 0.6 is 0 Å². The minimum atomic E-state index is 0. The zero-order valence-electron chi connectivity index (χ0n) is 1.45. The molecule has 0 spiro atoms. The molecule has 0 aliphatic rings. The van der Waals surface area contributed by atoms with Gasteiger partial charge in [-0.3, -0.25) is 0 Å². The summed E-state index contributed by atoms with van der Waals surface area (Å²) < 4.78 is 0. The molecule has 0 aromatic rings. The molecule has 3 radical (unpaired) electrons. The van der Waals surface area contributed by atoms with Gasteiger partial charge < -0.3 is 0 Å². The Morgan fingerprint density at radius 3 is 0.500 bits per heavy atom. The summed E-state index contributed by atoms with van der Waals surface area (Å²) in [6.07, 6.45) is 0. The molecule has 4 heteroatoms.